The number of rotatable bonds is 3. The molecule has 0 radical (unpaired) electrons. The van der Waals surface area contributed by atoms with Crippen LogP contribution in [-0.2, 0) is 16.0 Å². The van der Waals surface area contributed by atoms with Crippen LogP contribution < -0.4 is 0 Å². The van der Waals surface area contributed by atoms with Gasteiger partial charge in [-0.3, -0.25) is 4.79 Å². The third kappa shape index (κ3) is 2.50. The second-order valence-corrected chi connectivity index (χ2v) is 5.20. The van der Waals surface area contributed by atoms with Gasteiger partial charge in [-0.15, -0.1) is 5.10 Å². The highest BCUT2D eigenvalue weighted by Crippen LogP contribution is 2.32. The Hall–Kier alpha value is -1.98. The van der Waals surface area contributed by atoms with Crippen LogP contribution in [0.25, 0.3) is 5.78 Å². The van der Waals surface area contributed by atoms with Gasteiger partial charge >= 0.3 is 5.97 Å². The van der Waals surface area contributed by atoms with Crippen LogP contribution in [0.2, 0.25) is 0 Å². The van der Waals surface area contributed by atoms with Gasteiger partial charge in [0.25, 0.3) is 5.78 Å². The maximum Gasteiger partial charge on any atom is 0.313 e. The number of carbonyl (C=O) groups is 1. The molecule has 0 atom stereocenters. The van der Waals surface area contributed by atoms with Gasteiger partial charge < -0.3 is 4.74 Å². The molecule has 3 rings (SSSR count). The molecular weight excluding hydrogens is 256 g/mol. The van der Waals surface area contributed by atoms with E-state index in [2.05, 4.69) is 19.8 Å². The van der Waals surface area contributed by atoms with Gasteiger partial charge in [0.05, 0.1) is 12.8 Å². The maximum atomic E-state index is 11.3. The van der Waals surface area contributed by atoms with Crippen LogP contribution >= 0.6 is 0 Å². The molecule has 1 fully saturated rings. The Balaban J connectivity index is 1.94. The van der Waals surface area contributed by atoms with Crippen molar-refractivity contribution in [2.24, 2.45) is 0 Å². The molecule has 1 saturated carbocycles. The number of methoxy groups -OCH3 is 1. The van der Waals surface area contributed by atoms with E-state index in [1.807, 2.05) is 6.07 Å². The minimum absolute atomic E-state index is 0.0873. The fourth-order valence-electron chi connectivity index (χ4n) is 2.84. The quantitative estimate of drug-likeness (QED) is 0.799. The SMILES string of the molecule is COC(=O)Cc1nc2nccc(C3CCCCC3)n2n1. The molecule has 0 saturated heterocycles. The highest BCUT2D eigenvalue weighted by Gasteiger charge is 2.20. The van der Waals surface area contributed by atoms with E-state index in [0.29, 0.717) is 17.5 Å². The normalized spacial score (nSPS) is 16.4. The molecule has 0 bridgehead atoms. The van der Waals surface area contributed by atoms with E-state index in [9.17, 15) is 4.79 Å². The molecule has 6 nitrogen and oxygen atoms in total. The van der Waals surface area contributed by atoms with Gasteiger partial charge in [-0.05, 0) is 18.9 Å². The van der Waals surface area contributed by atoms with Gasteiger partial charge in [-0.1, -0.05) is 19.3 Å². The van der Waals surface area contributed by atoms with E-state index in [1.54, 1.807) is 10.7 Å². The lowest BCUT2D eigenvalue weighted by Crippen LogP contribution is -2.11. The Morgan fingerprint density at radius 3 is 2.95 bits per heavy atom. The van der Waals surface area contributed by atoms with Crippen molar-refractivity contribution < 1.29 is 9.53 Å². The summed E-state index contributed by atoms with van der Waals surface area (Å²) >= 11 is 0. The molecule has 2 heterocycles. The van der Waals surface area contributed by atoms with Gasteiger partial charge in [0.2, 0.25) is 0 Å². The predicted molar refractivity (Wildman–Crippen MR) is 72.3 cm³/mol. The molecule has 106 valence electrons. The molecule has 2 aromatic rings. The second-order valence-electron chi connectivity index (χ2n) is 5.20. The zero-order valence-electron chi connectivity index (χ0n) is 11.6. The first-order valence-electron chi connectivity index (χ1n) is 7.05. The van der Waals surface area contributed by atoms with Crippen LogP contribution in [0, 0.1) is 0 Å². The summed E-state index contributed by atoms with van der Waals surface area (Å²) in [6.45, 7) is 0. The van der Waals surface area contributed by atoms with Crippen LogP contribution in [0.1, 0.15) is 49.5 Å². The monoisotopic (exact) mass is 274 g/mol. The zero-order chi connectivity index (χ0) is 13.9. The van der Waals surface area contributed by atoms with E-state index in [0.717, 1.165) is 5.69 Å². The Labute approximate surface area is 117 Å². The number of carbonyl (C=O) groups excluding carboxylic acids is 1. The molecule has 0 aromatic carbocycles. The average molecular weight is 274 g/mol. The van der Waals surface area contributed by atoms with Gasteiger partial charge in [0, 0.05) is 12.1 Å². The van der Waals surface area contributed by atoms with Crippen LogP contribution in [-0.4, -0.2) is 32.7 Å². The molecule has 0 amide bonds. The number of fused-ring (bicyclic) bond motifs is 1. The minimum atomic E-state index is -0.333. The predicted octanol–water partition coefficient (Wildman–Crippen LogP) is 1.89. The molecule has 20 heavy (non-hydrogen) atoms. The number of esters is 1. The fourth-order valence-corrected chi connectivity index (χ4v) is 2.84. The largest absolute Gasteiger partial charge is 0.469 e. The first-order chi connectivity index (χ1) is 9.78. The van der Waals surface area contributed by atoms with Gasteiger partial charge in [0.15, 0.2) is 5.82 Å². The number of hydrogen-bond donors (Lipinski definition) is 0. The molecule has 0 spiro atoms. The van der Waals surface area contributed by atoms with Crippen molar-refractivity contribution >= 4 is 11.7 Å². The fraction of sp³-hybridized carbons (Fsp3) is 0.571. The Morgan fingerprint density at radius 2 is 2.20 bits per heavy atom. The molecule has 0 unspecified atom stereocenters. The third-order valence-electron chi connectivity index (χ3n) is 3.87. The van der Waals surface area contributed by atoms with Crippen LogP contribution in [0.15, 0.2) is 12.3 Å². The second kappa shape index (κ2) is 5.56. The van der Waals surface area contributed by atoms with Crippen LogP contribution in [0.3, 0.4) is 0 Å². The Bertz CT molecular complexity index is 617. The summed E-state index contributed by atoms with van der Waals surface area (Å²) in [4.78, 5) is 19.8. The lowest BCUT2D eigenvalue weighted by Gasteiger charge is -2.21. The van der Waals surface area contributed by atoms with Gasteiger partial charge in [0.1, 0.15) is 6.42 Å². The molecular formula is C14H18N4O2. The van der Waals surface area contributed by atoms with Crippen molar-refractivity contribution in [3.63, 3.8) is 0 Å². The Kier molecular flexibility index (Phi) is 3.62. The van der Waals surface area contributed by atoms with Crippen molar-refractivity contribution in [2.45, 2.75) is 44.4 Å². The van der Waals surface area contributed by atoms with E-state index >= 15 is 0 Å². The lowest BCUT2D eigenvalue weighted by molar-refractivity contribution is -0.139. The first kappa shape index (κ1) is 13.0. The number of ether oxygens (including phenoxy) is 1. The molecule has 2 aromatic heterocycles. The van der Waals surface area contributed by atoms with Crippen molar-refractivity contribution in [3.05, 3.63) is 23.8 Å². The highest BCUT2D eigenvalue weighted by atomic mass is 16.5. The zero-order valence-corrected chi connectivity index (χ0v) is 11.6. The third-order valence-corrected chi connectivity index (χ3v) is 3.87. The first-order valence-corrected chi connectivity index (χ1v) is 7.05. The van der Waals surface area contributed by atoms with Gasteiger partial charge in [-0.2, -0.15) is 4.98 Å². The van der Waals surface area contributed by atoms with E-state index in [-0.39, 0.29) is 12.4 Å². The molecule has 1 aliphatic rings. The molecule has 0 N–H and O–H groups in total. The summed E-state index contributed by atoms with van der Waals surface area (Å²) < 4.78 is 6.43. The Morgan fingerprint density at radius 1 is 1.40 bits per heavy atom. The smallest absolute Gasteiger partial charge is 0.313 e. The highest BCUT2D eigenvalue weighted by molar-refractivity contribution is 5.71. The van der Waals surface area contributed by atoms with Crippen LogP contribution in [0.4, 0.5) is 0 Å². The van der Waals surface area contributed by atoms with Crippen LogP contribution in [0.5, 0.6) is 0 Å². The summed E-state index contributed by atoms with van der Waals surface area (Å²) in [6.07, 6.45) is 8.07. The summed E-state index contributed by atoms with van der Waals surface area (Å²) in [5, 5.41) is 4.42. The van der Waals surface area contributed by atoms with Crippen molar-refractivity contribution in [1.82, 2.24) is 19.6 Å². The summed E-state index contributed by atoms with van der Waals surface area (Å²) in [5.41, 5.74) is 1.15. The number of nitrogens with zero attached hydrogens (tertiary/aromatic N) is 4. The van der Waals surface area contributed by atoms with Crippen molar-refractivity contribution in [2.75, 3.05) is 7.11 Å². The number of aromatic nitrogens is 4. The van der Waals surface area contributed by atoms with Gasteiger partial charge in [-0.25, -0.2) is 9.50 Å². The molecule has 0 aliphatic heterocycles. The van der Waals surface area contributed by atoms with E-state index in [1.165, 1.54) is 39.2 Å². The minimum Gasteiger partial charge on any atom is -0.469 e. The van der Waals surface area contributed by atoms with Crippen molar-refractivity contribution in [1.29, 1.82) is 0 Å². The molecule has 6 heteroatoms. The standard InChI is InChI=1S/C14H18N4O2/c1-20-13(19)9-12-16-14-15-8-7-11(18(14)17-12)10-5-3-2-4-6-10/h7-8,10H,2-6,9H2,1H3. The van der Waals surface area contributed by atoms with E-state index < -0.39 is 0 Å². The summed E-state index contributed by atoms with van der Waals surface area (Å²) in [6, 6.07) is 2.01. The lowest BCUT2D eigenvalue weighted by atomic mass is 9.87. The van der Waals surface area contributed by atoms with Crippen molar-refractivity contribution in [3.8, 4) is 0 Å². The summed E-state index contributed by atoms with van der Waals surface area (Å²) in [5.74, 6) is 1.21. The van der Waals surface area contributed by atoms with E-state index in [4.69, 9.17) is 0 Å². The summed E-state index contributed by atoms with van der Waals surface area (Å²) in [7, 11) is 1.36. The number of hydrogen-bond acceptors (Lipinski definition) is 5. The maximum absolute atomic E-state index is 11.3. The molecule has 1 aliphatic carbocycles. The topological polar surface area (TPSA) is 69.4 Å². The average Bonchev–Trinajstić information content (AvgIpc) is 2.90.